The number of rotatable bonds is 3. The van der Waals surface area contributed by atoms with Gasteiger partial charge in [-0.3, -0.25) is 9.59 Å². The van der Waals surface area contributed by atoms with Crippen molar-refractivity contribution < 1.29 is 13.2 Å². The molecule has 1 atom stereocenters. The van der Waals surface area contributed by atoms with Crippen LogP contribution in [0.15, 0.2) is 11.0 Å². The van der Waals surface area contributed by atoms with Gasteiger partial charge in [0.05, 0.1) is 28.3 Å². The third kappa shape index (κ3) is 3.75. The van der Waals surface area contributed by atoms with Gasteiger partial charge in [-0.1, -0.05) is 23.2 Å². The second-order valence-electron chi connectivity index (χ2n) is 5.22. The van der Waals surface area contributed by atoms with Gasteiger partial charge in [-0.05, 0) is 13.3 Å². The van der Waals surface area contributed by atoms with E-state index in [9.17, 15) is 18.0 Å². The molecule has 0 spiro atoms. The topological polar surface area (TPSA) is 98.1 Å². The van der Waals surface area contributed by atoms with Crippen molar-refractivity contribution in [3.63, 3.8) is 0 Å². The number of nitrogens with one attached hydrogen (secondary N) is 1. The predicted octanol–water partition coefficient (Wildman–Crippen LogP) is 0.243. The molecular formula is C11H13Cl2N3O4S. The zero-order chi connectivity index (χ0) is 15.8. The highest BCUT2D eigenvalue weighted by atomic mass is 35.5. The molecule has 2 heterocycles. The van der Waals surface area contributed by atoms with E-state index < -0.39 is 26.8 Å². The second-order valence-corrected chi connectivity index (χ2v) is 8.19. The van der Waals surface area contributed by atoms with Crippen LogP contribution in [0.3, 0.4) is 0 Å². The summed E-state index contributed by atoms with van der Waals surface area (Å²) in [6, 6.07) is 0. The Kier molecular flexibility index (Phi) is 4.32. The fourth-order valence-corrected chi connectivity index (χ4v) is 4.54. The second kappa shape index (κ2) is 5.58. The van der Waals surface area contributed by atoms with Crippen LogP contribution >= 0.6 is 23.2 Å². The molecule has 0 aliphatic carbocycles. The van der Waals surface area contributed by atoms with Gasteiger partial charge in [0.1, 0.15) is 11.6 Å². The van der Waals surface area contributed by atoms with Gasteiger partial charge >= 0.3 is 0 Å². The molecule has 1 aliphatic heterocycles. The predicted molar refractivity (Wildman–Crippen MR) is 78.3 cm³/mol. The molecule has 0 aromatic carbocycles. The van der Waals surface area contributed by atoms with Crippen LogP contribution in [0.4, 0.5) is 0 Å². The van der Waals surface area contributed by atoms with Crippen molar-refractivity contribution in [3.8, 4) is 0 Å². The molecule has 0 bridgehead atoms. The average molecular weight is 354 g/mol. The van der Waals surface area contributed by atoms with Crippen LogP contribution in [0.5, 0.6) is 0 Å². The van der Waals surface area contributed by atoms with Gasteiger partial charge < -0.3 is 5.32 Å². The SMILES string of the molecule is C[C@@]1(NC(=O)Cn2ncc(Cl)c(Cl)c2=O)CCS(=O)(=O)C1. The Morgan fingerprint density at radius 1 is 1.52 bits per heavy atom. The van der Waals surface area contributed by atoms with E-state index in [2.05, 4.69) is 10.4 Å². The summed E-state index contributed by atoms with van der Waals surface area (Å²) < 4.78 is 23.8. The maximum absolute atomic E-state index is 12.0. The summed E-state index contributed by atoms with van der Waals surface area (Å²) in [6.07, 6.45) is 1.51. The lowest BCUT2D eigenvalue weighted by atomic mass is 10.0. The lowest BCUT2D eigenvalue weighted by Gasteiger charge is -2.23. The fourth-order valence-electron chi connectivity index (χ4n) is 2.18. The first-order valence-electron chi connectivity index (χ1n) is 6.04. The maximum atomic E-state index is 12.0. The van der Waals surface area contributed by atoms with Crippen molar-refractivity contribution in [2.75, 3.05) is 11.5 Å². The first-order valence-corrected chi connectivity index (χ1v) is 8.62. The lowest BCUT2D eigenvalue weighted by Crippen LogP contribution is -2.49. The minimum atomic E-state index is -3.13. The number of amides is 1. The van der Waals surface area contributed by atoms with E-state index in [0.717, 1.165) is 4.68 Å². The van der Waals surface area contributed by atoms with Gasteiger partial charge in [0.15, 0.2) is 9.84 Å². The van der Waals surface area contributed by atoms with Gasteiger partial charge in [-0.15, -0.1) is 0 Å². The fraction of sp³-hybridized carbons (Fsp3) is 0.545. The quantitative estimate of drug-likeness (QED) is 0.839. The first-order chi connectivity index (χ1) is 9.62. The maximum Gasteiger partial charge on any atom is 0.287 e. The summed E-state index contributed by atoms with van der Waals surface area (Å²) in [7, 11) is -3.13. The molecule has 1 amide bonds. The van der Waals surface area contributed by atoms with Crippen LogP contribution in [-0.4, -0.2) is 41.2 Å². The van der Waals surface area contributed by atoms with Crippen molar-refractivity contribution in [2.24, 2.45) is 0 Å². The van der Waals surface area contributed by atoms with Gasteiger partial charge in [-0.2, -0.15) is 5.10 Å². The Morgan fingerprint density at radius 3 is 2.76 bits per heavy atom. The summed E-state index contributed by atoms with van der Waals surface area (Å²) in [5.74, 6) is -0.591. The largest absolute Gasteiger partial charge is 0.348 e. The first kappa shape index (κ1) is 16.3. The summed E-state index contributed by atoms with van der Waals surface area (Å²) in [5, 5.41) is 6.13. The standard InChI is InChI=1S/C11H13Cl2N3O4S/c1-11(2-3-21(19,20)6-11)15-8(17)5-16-10(18)9(13)7(12)4-14-16/h4H,2-3,5-6H2,1H3,(H,15,17)/t11-/m1/s1. The average Bonchev–Trinajstić information content (AvgIpc) is 2.64. The highest BCUT2D eigenvalue weighted by molar-refractivity contribution is 7.91. The number of nitrogens with zero attached hydrogens (tertiary/aromatic N) is 2. The summed E-state index contributed by atoms with van der Waals surface area (Å²) >= 11 is 11.3. The summed E-state index contributed by atoms with van der Waals surface area (Å²) in [5.41, 5.74) is -1.50. The molecule has 0 radical (unpaired) electrons. The third-order valence-electron chi connectivity index (χ3n) is 3.18. The van der Waals surface area contributed by atoms with Crippen molar-refractivity contribution in [1.82, 2.24) is 15.1 Å². The van der Waals surface area contributed by atoms with E-state index in [4.69, 9.17) is 23.2 Å². The molecule has 2 rings (SSSR count). The number of carbonyl (C=O) groups is 1. The molecule has 1 aromatic heterocycles. The minimum absolute atomic E-state index is 0.00664. The summed E-state index contributed by atoms with van der Waals surface area (Å²) in [4.78, 5) is 23.7. The van der Waals surface area contributed by atoms with Gasteiger partial charge in [-0.25, -0.2) is 13.1 Å². The molecule has 1 N–H and O–H groups in total. The molecule has 7 nitrogen and oxygen atoms in total. The molecule has 0 unspecified atom stereocenters. The van der Waals surface area contributed by atoms with Crippen LogP contribution < -0.4 is 10.9 Å². The molecule has 21 heavy (non-hydrogen) atoms. The lowest BCUT2D eigenvalue weighted by molar-refractivity contribution is -0.123. The van der Waals surface area contributed by atoms with Crippen molar-refractivity contribution in [1.29, 1.82) is 0 Å². The van der Waals surface area contributed by atoms with Gasteiger partial charge in [0, 0.05) is 0 Å². The zero-order valence-corrected chi connectivity index (χ0v) is 13.4. The molecule has 1 saturated heterocycles. The van der Waals surface area contributed by atoms with Gasteiger partial charge in [0.2, 0.25) is 5.91 Å². The number of aromatic nitrogens is 2. The minimum Gasteiger partial charge on any atom is -0.348 e. The Balaban J connectivity index is 2.10. The monoisotopic (exact) mass is 353 g/mol. The van der Waals surface area contributed by atoms with Crippen LogP contribution in [0.1, 0.15) is 13.3 Å². The van der Waals surface area contributed by atoms with Crippen molar-refractivity contribution in [2.45, 2.75) is 25.4 Å². The molecular weight excluding hydrogens is 341 g/mol. The van der Waals surface area contributed by atoms with E-state index in [0.29, 0.717) is 6.42 Å². The van der Waals surface area contributed by atoms with Crippen LogP contribution in [0.25, 0.3) is 0 Å². The van der Waals surface area contributed by atoms with E-state index in [1.807, 2.05) is 0 Å². The van der Waals surface area contributed by atoms with E-state index in [1.165, 1.54) is 6.20 Å². The Bertz CT molecular complexity index is 746. The van der Waals surface area contributed by atoms with Crippen LogP contribution in [-0.2, 0) is 21.2 Å². The molecule has 10 heteroatoms. The number of sulfone groups is 1. The Labute approximate surface area is 131 Å². The highest BCUT2D eigenvalue weighted by Gasteiger charge is 2.39. The molecule has 1 aliphatic rings. The molecule has 0 saturated carbocycles. The van der Waals surface area contributed by atoms with E-state index in [1.54, 1.807) is 6.92 Å². The van der Waals surface area contributed by atoms with Crippen molar-refractivity contribution >= 4 is 38.9 Å². The molecule has 1 aromatic rings. The Morgan fingerprint density at radius 2 is 2.19 bits per heavy atom. The number of hydrogen-bond acceptors (Lipinski definition) is 5. The summed E-state index contributed by atoms with van der Waals surface area (Å²) in [6.45, 7) is 1.30. The van der Waals surface area contributed by atoms with Crippen molar-refractivity contribution in [3.05, 3.63) is 26.6 Å². The van der Waals surface area contributed by atoms with Crippen LogP contribution in [0, 0.1) is 0 Å². The third-order valence-corrected chi connectivity index (χ3v) is 5.83. The van der Waals surface area contributed by atoms with Gasteiger partial charge in [0.25, 0.3) is 5.56 Å². The zero-order valence-electron chi connectivity index (χ0n) is 11.1. The molecule has 116 valence electrons. The number of hydrogen-bond donors (Lipinski definition) is 1. The Hall–Kier alpha value is -1.12. The van der Waals surface area contributed by atoms with E-state index in [-0.39, 0.29) is 28.1 Å². The van der Waals surface area contributed by atoms with E-state index >= 15 is 0 Å². The molecule has 1 fully saturated rings. The smallest absolute Gasteiger partial charge is 0.287 e. The normalized spacial score (nSPS) is 24.0. The number of halogens is 2. The van der Waals surface area contributed by atoms with Crippen LogP contribution in [0.2, 0.25) is 10.0 Å². The highest BCUT2D eigenvalue weighted by Crippen LogP contribution is 2.22. The number of carbonyl (C=O) groups excluding carboxylic acids is 1.